The molecule has 3 heteroatoms. The van der Waals surface area contributed by atoms with Crippen molar-refractivity contribution in [3.05, 3.63) is 89.7 Å². The molecule has 4 aromatic rings. The normalized spacial score (nSPS) is 10.8. The van der Waals surface area contributed by atoms with Crippen molar-refractivity contribution < 1.29 is 0 Å². The smallest absolute Gasteiger partial charge is 0.188 e. The molecule has 0 spiro atoms. The van der Waals surface area contributed by atoms with Crippen LogP contribution in [0, 0.1) is 20.4 Å². The van der Waals surface area contributed by atoms with Crippen molar-refractivity contribution in [2.45, 2.75) is 13.8 Å². The van der Waals surface area contributed by atoms with Gasteiger partial charge in [-0.15, -0.1) is 0 Å². The summed E-state index contributed by atoms with van der Waals surface area (Å²) >= 11 is 0. The first-order valence-electron chi connectivity index (χ1n) is 8.18. The average molecular weight is 323 g/mol. The van der Waals surface area contributed by atoms with Gasteiger partial charge in [-0.3, -0.25) is 4.98 Å². The summed E-state index contributed by atoms with van der Waals surface area (Å²) in [5.41, 5.74) is 7.71. The second kappa shape index (κ2) is 5.92. The zero-order chi connectivity index (χ0) is 17.4. The molecule has 0 bridgehead atoms. The van der Waals surface area contributed by atoms with Crippen molar-refractivity contribution in [3.63, 3.8) is 0 Å². The molecule has 0 saturated carbocycles. The highest BCUT2D eigenvalue weighted by Crippen LogP contribution is 2.36. The minimum Gasteiger partial charge on any atom is -0.316 e. The van der Waals surface area contributed by atoms with Crippen LogP contribution in [-0.2, 0) is 0 Å². The summed E-state index contributed by atoms with van der Waals surface area (Å²) < 4.78 is 2.17. The maximum Gasteiger partial charge on any atom is 0.188 e. The van der Waals surface area contributed by atoms with Gasteiger partial charge in [0.15, 0.2) is 5.69 Å². The number of hydrogen-bond donors (Lipinski definition) is 0. The third kappa shape index (κ3) is 2.49. The lowest BCUT2D eigenvalue weighted by atomic mass is 9.97. The van der Waals surface area contributed by atoms with Crippen molar-refractivity contribution in [2.75, 3.05) is 0 Å². The third-order valence-electron chi connectivity index (χ3n) is 4.75. The largest absolute Gasteiger partial charge is 0.316 e. The molecule has 0 aliphatic carbocycles. The standard InChI is InChI=1S/C22H17N3/c1-15-5-4-6-19(16(15)2)21-14-25(18-9-11-24-12-10-18)22-8-7-17(23-3)13-20(21)22/h4-14H,1-2H3. The van der Waals surface area contributed by atoms with Crippen LogP contribution in [0.1, 0.15) is 11.1 Å². The van der Waals surface area contributed by atoms with Crippen LogP contribution in [0.25, 0.3) is 32.6 Å². The minimum absolute atomic E-state index is 0.659. The molecule has 0 unspecified atom stereocenters. The van der Waals surface area contributed by atoms with Gasteiger partial charge in [-0.1, -0.05) is 24.3 Å². The Labute approximate surface area is 147 Å². The summed E-state index contributed by atoms with van der Waals surface area (Å²) in [6.07, 6.45) is 5.76. The number of fused-ring (bicyclic) bond motifs is 1. The fourth-order valence-corrected chi connectivity index (χ4v) is 3.26. The zero-order valence-electron chi connectivity index (χ0n) is 14.2. The molecule has 2 aromatic carbocycles. The monoisotopic (exact) mass is 323 g/mol. The Morgan fingerprint density at radius 3 is 2.52 bits per heavy atom. The van der Waals surface area contributed by atoms with Crippen molar-refractivity contribution in [1.29, 1.82) is 0 Å². The van der Waals surface area contributed by atoms with Crippen molar-refractivity contribution >= 4 is 16.6 Å². The lowest BCUT2D eigenvalue weighted by Crippen LogP contribution is -1.91. The van der Waals surface area contributed by atoms with E-state index in [9.17, 15) is 0 Å². The molecule has 2 aromatic heterocycles. The maximum atomic E-state index is 7.35. The topological polar surface area (TPSA) is 22.2 Å². The highest BCUT2D eigenvalue weighted by atomic mass is 15.0. The number of rotatable bonds is 2. The Hall–Kier alpha value is -3.38. The number of hydrogen-bond acceptors (Lipinski definition) is 1. The fourth-order valence-electron chi connectivity index (χ4n) is 3.26. The molecule has 0 N–H and O–H groups in total. The lowest BCUT2D eigenvalue weighted by Gasteiger charge is -2.07. The second-order valence-electron chi connectivity index (χ2n) is 6.18. The summed E-state index contributed by atoms with van der Waals surface area (Å²) in [5, 5.41) is 1.10. The van der Waals surface area contributed by atoms with E-state index in [1.165, 1.54) is 16.7 Å². The van der Waals surface area contributed by atoms with Crippen molar-refractivity contribution in [1.82, 2.24) is 9.55 Å². The van der Waals surface area contributed by atoms with Gasteiger partial charge in [0.05, 0.1) is 12.1 Å². The number of aryl methyl sites for hydroxylation is 1. The van der Waals surface area contributed by atoms with E-state index in [4.69, 9.17) is 6.57 Å². The molecular weight excluding hydrogens is 306 g/mol. The van der Waals surface area contributed by atoms with E-state index in [2.05, 4.69) is 52.6 Å². The molecule has 0 atom stereocenters. The van der Waals surface area contributed by atoms with E-state index in [-0.39, 0.29) is 0 Å². The Kier molecular flexibility index (Phi) is 3.59. The molecule has 0 amide bonds. The van der Waals surface area contributed by atoms with E-state index >= 15 is 0 Å². The Balaban J connectivity index is 2.07. The predicted molar refractivity (Wildman–Crippen MR) is 102 cm³/mol. The summed E-state index contributed by atoms with van der Waals surface area (Å²) in [6.45, 7) is 11.6. The molecule has 2 heterocycles. The van der Waals surface area contributed by atoms with E-state index < -0.39 is 0 Å². The van der Waals surface area contributed by atoms with Gasteiger partial charge < -0.3 is 4.57 Å². The van der Waals surface area contributed by atoms with E-state index in [0.29, 0.717) is 5.69 Å². The average Bonchev–Trinajstić information content (AvgIpc) is 3.03. The Morgan fingerprint density at radius 2 is 1.76 bits per heavy atom. The highest BCUT2D eigenvalue weighted by molar-refractivity contribution is 5.99. The van der Waals surface area contributed by atoms with E-state index in [1.54, 1.807) is 12.4 Å². The van der Waals surface area contributed by atoms with E-state index in [0.717, 1.165) is 22.2 Å². The SMILES string of the molecule is [C-]#[N+]c1ccc2c(c1)c(-c1cccc(C)c1C)cn2-c1ccncc1. The highest BCUT2D eigenvalue weighted by Gasteiger charge is 2.14. The Bertz CT molecular complexity index is 1120. The molecule has 0 aliphatic rings. The van der Waals surface area contributed by atoms with Gasteiger partial charge in [-0.05, 0) is 60.2 Å². The van der Waals surface area contributed by atoms with Crippen LogP contribution in [0.5, 0.6) is 0 Å². The minimum atomic E-state index is 0.659. The quantitative estimate of drug-likeness (QED) is 0.423. The van der Waals surface area contributed by atoms with Crippen LogP contribution < -0.4 is 0 Å². The van der Waals surface area contributed by atoms with Gasteiger partial charge in [0.2, 0.25) is 0 Å². The molecule has 0 aliphatic heterocycles. The van der Waals surface area contributed by atoms with Gasteiger partial charge in [-0.2, -0.15) is 0 Å². The fraction of sp³-hybridized carbons (Fsp3) is 0.0909. The molecule has 0 fully saturated rings. The second-order valence-corrected chi connectivity index (χ2v) is 6.18. The number of aromatic nitrogens is 2. The van der Waals surface area contributed by atoms with Crippen LogP contribution in [0.4, 0.5) is 5.69 Å². The van der Waals surface area contributed by atoms with Crippen LogP contribution >= 0.6 is 0 Å². The molecular formula is C22H17N3. The van der Waals surface area contributed by atoms with Crippen LogP contribution in [0.15, 0.2) is 67.1 Å². The summed E-state index contributed by atoms with van der Waals surface area (Å²) in [7, 11) is 0. The van der Waals surface area contributed by atoms with Crippen molar-refractivity contribution in [3.8, 4) is 16.8 Å². The lowest BCUT2D eigenvalue weighted by molar-refractivity contribution is 1.11. The van der Waals surface area contributed by atoms with Gasteiger partial charge >= 0.3 is 0 Å². The predicted octanol–water partition coefficient (Wildman–Crippen LogP) is 5.86. The summed E-state index contributed by atoms with van der Waals surface area (Å²) in [4.78, 5) is 7.72. The van der Waals surface area contributed by atoms with E-state index in [1.807, 2.05) is 30.3 Å². The van der Waals surface area contributed by atoms with Gasteiger partial charge in [0.1, 0.15) is 0 Å². The molecule has 120 valence electrons. The molecule has 0 saturated heterocycles. The third-order valence-corrected chi connectivity index (χ3v) is 4.75. The zero-order valence-corrected chi connectivity index (χ0v) is 14.2. The van der Waals surface area contributed by atoms with Gasteiger partial charge in [0, 0.05) is 29.8 Å². The summed E-state index contributed by atoms with van der Waals surface area (Å²) in [5.74, 6) is 0. The maximum absolute atomic E-state index is 7.35. The number of nitrogens with zero attached hydrogens (tertiary/aromatic N) is 3. The molecule has 4 rings (SSSR count). The van der Waals surface area contributed by atoms with Gasteiger partial charge in [-0.25, -0.2) is 4.85 Å². The van der Waals surface area contributed by atoms with Crippen molar-refractivity contribution in [2.24, 2.45) is 0 Å². The first kappa shape index (κ1) is 15.2. The van der Waals surface area contributed by atoms with Crippen LogP contribution in [-0.4, -0.2) is 9.55 Å². The number of pyridine rings is 1. The number of benzene rings is 2. The first-order chi connectivity index (χ1) is 12.2. The van der Waals surface area contributed by atoms with Crippen LogP contribution in [0.3, 0.4) is 0 Å². The molecule has 25 heavy (non-hydrogen) atoms. The first-order valence-corrected chi connectivity index (χ1v) is 8.18. The van der Waals surface area contributed by atoms with Crippen LogP contribution in [0.2, 0.25) is 0 Å². The molecule has 3 nitrogen and oxygen atoms in total. The van der Waals surface area contributed by atoms with Gasteiger partial charge in [0.25, 0.3) is 0 Å². The molecule has 0 radical (unpaired) electrons. The summed E-state index contributed by atoms with van der Waals surface area (Å²) in [6, 6.07) is 16.2. The Morgan fingerprint density at radius 1 is 0.960 bits per heavy atom.